The fourth-order valence-corrected chi connectivity index (χ4v) is 3.34. The average molecular weight is 455 g/mol. The molecule has 0 atom stereocenters. The Kier molecular flexibility index (Phi) is 6.48. The summed E-state index contributed by atoms with van der Waals surface area (Å²) in [7, 11) is -3.35. The van der Waals surface area contributed by atoms with Crippen molar-refractivity contribution >= 4 is 15.5 Å². The summed E-state index contributed by atoms with van der Waals surface area (Å²) in [6, 6.07) is 9.13. The van der Waals surface area contributed by atoms with Gasteiger partial charge in [-0.3, -0.25) is 0 Å². The van der Waals surface area contributed by atoms with Crippen LogP contribution < -0.4 is 10.1 Å². The van der Waals surface area contributed by atoms with Gasteiger partial charge < -0.3 is 10.1 Å². The number of rotatable bonds is 8. The molecule has 0 aliphatic rings. The first-order chi connectivity index (χ1) is 14.6. The van der Waals surface area contributed by atoms with Crippen LogP contribution in [0.5, 0.6) is 5.75 Å². The molecule has 2 aromatic carbocycles. The summed E-state index contributed by atoms with van der Waals surface area (Å²) in [5.74, 6) is 0.595. The molecule has 12 heteroatoms. The number of alkyl halides is 3. The van der Waals surface area contributed by atoms with Crippen LogP contribution >= 0.6 is 0 Å². The Hall–Kier alpha value is -3.15. The highest BCUT2D eigenvalue weighted by Crippen LogP contribution is 2.35. The third kappa shape index (κ3) is 5.51. The molecule has 0 radical (unpaired) electrons. The molecule has 0 aliphatic heterocycles. The summed E-state index contributed by atoms with van der Waals surface area (Å²) in [6.45, 7) is 2.25. The first kappa shape index (κ1) is 22.5. The van der Waals surface area contributed by atoms with E-state index >= 15 is 0 Å². The van der Waals surface area contributed by atoms with Gasteiger partial charge >= 0.3 is 6.18 Å². The Morgan fingerprint density at radius 3 is 2.45 bits per heavy atom. The fraction of sp³-hybridized carbons (Fsp3) is 0.316. The third-order valence-electron chi connectivity index (χ3n) is 4.25. The number of tetrazole rings is 1. The number of ether oxygens (including phenoxy) is 1. The van der Waals surface area contributed by atoms with Gasteiger partial charge in [-0.15, -0.1) is 5.10 Å². The molecular formula is C19H20F3N5O3S. The molecule has 1 heterocycles. The summed E-state index contributed by atoms with van der Waals surface area (Å²) in [5, 5.41) is 14.3. The molecule has 8 nitrogen and oxygen atoms in total. The summed E-state index contributed by atoms with van der Waals surface area (Å²) >= 11 is 0. The molecule has 0 spiro atoms. The number of halogens is 3. The van der Waals surface area contributed by atoms with Crippen molar-refractivity contribution in [2.45, 2.75) is 31.0 Å². The van der Waals surface area contributed by atoms with Gasteiger partial charge in [0.05, 0.1) is 35.0 Å². The Bertz CT molecular complexity index is 1150. The van der Waals surface area contributed by atoms with Crippen LogP contribution in [0.4, 0.5) is 18.9 Å². The maximum Gasteiger partial charge on any atom is 0.416 e. The molecule has 31 heavy (non-hydrogen) atoms. The third-order valence-corrected chi connectivity index (χ3v) is 5.38. The highest BCUT2D eigenvalue weighted by molar-refractivity contribution is 7.90. The molecule has 0 saturated carbocycles. The zero-order valence-corrected chi connectivity index (χ0v) is 17.5. The number of nitrogens with one attached hydrogen (secondary N) is 1. The van der Waals surface area contributed by atoms with Gasteiger partial charge in [-0.2, -0.15) is 17.9 Å². The summed E-state index contributed by atoms with van der Waals surface area (Å²) in [4.78, 5) is 0.144. The van der Waals surface area contributed by atoms with Crippen molar-refractivity contribution in [1.82, 2.24) is 20.2 Å². The predicted molar refractivity (Wildman–Crippen MR) is 107 cm³/mol. The van der Waals surface area contributed by atoms with E-state index in [9.17, 15) is 21.6 Å². The quantitative estimate of drug-likeness (QED) is 0.555. The fourth-order valence-electron chi connectivity index (χ4n) is 2.71. The predicted octanol–water partition coefficient (Wildman–Crippen LogP) is 3.49. The van der Waals surface area contributed by atoms with Crippen LogP contribution in [0.3, 0.4) is 0 Å². The Labute approximate surface area is 177 Å². The van der Waals surface area contributed by atoms with Crippen molar-refractivity contribution in [1.29, 1.82) is 0 Å². The number of sulfone groups is 1. The van der Waals surface area contributed by atoms with E-state index in [1.807, 2.05) is 6.92 Å². The summed E-state index contributed by atoms with van der Waals surface area (Å²) < 4.78 is 69.5. The first-order valence-corrected chi connectivity index (χ1v) is 11.1. The van der Waals surface area contributed by atoms with Crippen LogP contribution in [0.25, 0.3) is 5.69 Å². The van der Waals surface area contributed by atoms with Gasteiger partial charge in [-0.25, -0.2) is 8.42 Å². The lowest BCUT2D eigenvalue weighted by Gasteiger charge is -2.15. The standard InChI is InChI=1S/C19H20F3N5O3S/c1-3-10-30-17-9-4-13(19(20,21)22)11-16(17)23-12-18-24-25-26-27(18)14-5-7-15(8-6-14)31(2,28)29/h4-9,11,23H,3,10,12H2,1-2H3. The second kappa shape index (κ2) is 8.92. The van der Waals surface area contributed by atoms with Crippen molar-refractivity contribution < 1.29 is 26.3 Å². The van der Waals surface area contributed by atoms with Crippen LogP contribution in [0, 0.1) is 0 Å². The number of hydrogen-bond donors (Lipinski definition) is 1. The molecule has 0 aliphatic carbocycles. The molecule has 1 N–H and O–H groups in total. The van der Waals surface area contributed by atoms with E-state index in [0.717, 1.165) is 18.4 Å². The smallest absolute Gasteiger partial charge is 0.416 e. The molecule has 0 unspecified atom stereocenters. The maximum absolute atomic E-state index is 13.1. The highest BCUT2D eigenvalue weighted by atomic mass is 32.2. The number of benzene rings is 2. The van der Waals surface area contributed by atoms with Crippen LogP contribution in [0.2, 0.25) is 0 Å². The average Bonchev–Trinajstić information content (AvgIpc) is 3.18. The summed E-state index contributed by atoms with van der Waals surface area (Å²) in [5.41, 5.74) is -0.152. The molecular weight excluding hydrogens is 435 g/mol. The largest absolute Gasteiger partial charge is 0.491 e. The number of anilines is 1. The minimum absolute atomic E-state index is 0.00459. The maximum atomic E-state index is 13.1. The second-order valence-corrected chi connectivity index (χ2v) is 8.70. The Morgan fingerprint density at radius 2 is 1.84 bits per heavy atom. The molecule has 3 rings (SSSR count). The SMILES string of the molecule is CCCOc1ccc(C(F)(F)F)cc1NCc1nnnn1-c1ccc(S(C)(=O)=O)cc1. The van der Waals surface area contributed by atoms with Crippen LogP contribution in [-0.4, -0.2) is 41.5 Å². The monoisotopic (exact) mass is 455 g/mol. The van der Waals surface area contributed by atoms with Gasteiger partial charge in [-0.1, -0.05) is 6.92 Å². The topological polar surface area (TPSA) is 99.0 Å². The molecule has 0 saturated heterocycles. The van der Waals surface area contributed by atoms with Gasteiger partial charge in [-0.05, 0) is 59.3 Å². The Morgan fingerprint density at radius 1 is 1.13 bits per heavy atom. The summed E-state index contributed by atoms with van der Waals surface area (Å²) in [6.07, 6.45) is -2.70. The van der Waals surface area contributed by atoms with E-state index in [4.69, 9.17) is 4.74 Å². The number of aromatic nitrogens is 4. The lowest BCUT2D eigenvalue weighted by Crippen LogP contribution is -2.11. The van der Waals surface area contributed by atoms with E-state index in [1.165, 1.54) is 35.0 Å². The van der Waals surface area contributed by atoms with Gasteiger partial charge in [0.25, 0.3) is 0 Å². The van der Waals surface area contributed by atoms with Crippen LogP contribution in [0.1, 0.15) is 24.7 Å². The van der Waals surface area contributed by atoms with Gasteiger partial charge in [0.2, 0.25) is 0 Å². The minimum Gasteiger partial charge on any atom is -0.491 e. The van der Waals surface area contributed by atoms with Crippen molar-refractivity contribution in [2.75, 3.05) is 18.2 Å². The number of nitrogens with zero attached hydrogens (tertiary/aromatic N) is 4. The lowest BCUT2D eigenvalue weighted by molar-refractivity contribution is -0.137. The zero-order chi connectivity index (χ0) is 22.6. The van der Waals surface area contributed by atoms with E-state index in [0.29, 0.717) is 24.5 Å². The lowest BCUT2D eigenvalue weighted by atomic mass is 10.1. The van der Waals surface area contributed by atoms with Gasteiger partial charge in [0.1, 0.15) is 5.75 Å². The van der Waals surface area contributed by atoms with Crippen LogP contribution in [0.15, 0.2) is 47.4 Å². The minimum atomic E-state index is -4.50. The van der Waals surface area contributed by atoms with E-state index in [1.54, 1.807) is 0 Å². The van der Waals surface area contributed by atoms with Crippen LogP contribution in [-0.2, 0) is 22.6 Å². The highest BCUT2D eigenvalue weighted by Gasteiger charge is 2.31. The molecule has 0 fully saturated rings. The van der Waals surface area contributed by atoms with Crippen molar-refractivity contribution in [3.63, 3.8) is 0 Å². The van der Waals surface area contributed by atoms with Crippen molar-refractivity contribution in [3.05, 3.63) is 53.9 Å². The van der Waals surface area contributed by atoms with Crippen molar-refractivity contribution in [3.8, 4) is 11.4 Å². The van der Waals surface area contributed by atoms with E-state index in [2.05, 4.69) is 20.8 Å². The molecule has 3 aromatic rings. The zero-order valence-electron chi connectivity index (χ0n) is 16.7. The Balaban J connectivity index is 1.84. The molecule has 0 amide bonds. The number of hydrogen-bond acceptors (Lipinski definition) is 7. The normalized spacial score (nSPS) is 12.0. The van der Waals surface area contributed by atoms with Crippen molar-refractivity contribution in [2.24, 2.45) is 0 Å². The second-order valence-electron chi connectivity index (χ2n) is 6.68. The molecule has 1 aromatic heterocycles. The van der Waals surface area contributed by atoms with Gasteiger partial charge in [0, 0.05) is 6.26 Å². The van der Waals surface area contributed by atoms with Gasteiger partial charge in [0.15, 0.2) is 15.7 Å². The first-order valence-electron chi connectivity index (χ1n) is 9.25. The van der Waals surface area contributed by atoms with E-state index in [-0.39, 0.29) is 22.9 Å². The molecule has 0 bridgehead atoms. The molecule has 166 valence electrons. The van der Waals surface area contributed by atoms with E-state index < -0.39 is 21.6 Å².